The quantitative estimate of drug-likeness (QED) is 0.476. The van der Waals surface area contributed by atoms with Crippen LogP contribution in [-0.2, 0) is 6.18 Å². The number of halogens is 6. The fourth-order valence-electron chi connectivity index (χ4n) is 2.03. The van der Waals surface area contributed by atoms with E-state index >= 15 is 0 Å². The van der Waals surface area contributed by atoms with E-state index in [2.05, 4.69) is 37.2 Å². The molecular formula is C16H11Br2ClF3NO2. The zero-order chi connectivity index (χ0) is 18.9. The van der Waals surface area contributed by atoms with Crippen LogP contribution in [0.1, 0.15) is 16.7 Å². The van der Waals surface area contributed by atoms with Gasteiger partial charge in [-0.25, -0.2) is 4.79 Å². The smallest absolute Gasteiger partial charge is 0.409 e. The third-order valence-corrected chi connectivity index (χ3v) is 5.10. The molecule has 0 bridgehead atoms. The lowest BCUT2D eigenvalue weighted by molar-refractivity contribution is -0.136. The van der Waals surface area contributed by atoms with Gasteiger partial charge in [-0.2, -0.15) is 13.2 Å². The van der Waals surface area contributed by atoms with Crippen molar-refractivity contribution in [1.82, 2.24) is 0 Å². The molecule has 0 saturated heterocycles. The lowest BCUT2D eigenvalue weighted by Crippen LogP contribution is -2.20. The lowest BCUT2D eigenvalue weighted by Gasteiger charge is -2.16. The maximum atomic E-state index is 13.1. The van der Waals surface area contributed by atoms with E-state index in [1.54, 1.807) is 13.0 Å². The summed E-state index contributed by atoms with van der Waals surface area (Å²) in [5, 5.41) is 2.02. The van der Waals surface area contributed by atoms with Gasteiger partial charge in [0.05, 0.1) is 15.7 Å². The van der Waals surface area contributed by atoms with E-state index in [0.717, 1.165) is 22.2 Å². The molecule has 2 aromatic carbocycles. The summed E-state index contributed by atoms with van der Waals surface area (Å²) in [6, 6.07) is 4.75. The van der Waals surface area contributed by atoms with Crippen molar-refractivity contribution < 1.29 is 22.7 Å². The van der Waals surface area contributed by atoms with Crippen LogP contribution >= 0.6 is 43.5 Å². The first kappa shape index (κ1) is 20.1. The molecule has 0 fully saturated rings. The van der Waals surface area contributed by atoms with Gasteiger partial charge in [0, 0.05) is 9.50 Å². The molecule has 0 heterocycles. The monoisotopic (exact) mass is 499 g/mol. The highest BCUT2D eigenvalue weighted by atomic mass is 79.9. The summed E-state index contributed by atoms with van der Waals surface area (Å²) in [6.07, 6.45) is -5.71. The number of benzene rings is 2. The summed E-state index contributed by atoms with van der Waals surface area (Å²) in [5.74, 6) is 0.223. The summed E-state index contributed by atoms with van der Waals surface area (Å²) < 4.78 is 45.7. The van der Waals surface area contributed by atoms with Gasteiger partial charge in [-0.3, -0.25) is 5.32 Å². The van der Waals surface area contributed by atoms with Gasteiger partial charge in [-0.15, -0.1) is 0 Å². The minimum Gasteiger partial charge on any atom is -0.409 e. The molecule has 0 aliphatic heterocycles. The van der Waals surface area contributed by atoms with Gasteiger partial charge in [0.2, 0.25) is 0 Å². The molecule has 0 atom stereocenters. The van der Waals surface area contributed by atoms with E-state index in [9.17, 15) is 18.0 Å². The molecule has 0 aliphatic carbocycles. The van der Waals surface area contributed by atoms with Crippen LogP contribution in [0.2, 0.25) is 5.02 Å². The highest BCUT2D eigenvalue weighted by Crippen LogP contribution is 2.38. The van der Waals surface area contributed by atoms with Gasteiger partial charge < -0.3 is 4.74 Å². The molecule has 134 valence electrons. The highest BCUT2D eigenvalue weighted by Gasteiger charge is 2.34. The Morgan fingerprint density at radius 1 is 1.12 bits per heavy atom. The van der Waals surface area contributed by atoms with Crippen LogP contribution < -0.4 is 10.1 Å². The average molecular weight is 502 g/mol. The molecule has 0 radical (unpaired) electrons. The molecule has 0 aliphatic rings. The Labute approximate surface area is 163 Å². The number of amides is 1. The second-order valence-electron chi connectivity index (χ2n) is 5.12. The van der Waals surface area contributed by atoms with Gasteiger partial charge in [0.15, 0.2) is 0 Å². The van der Waals surface area contributed by atoms with Crippen LogP contribution in [-0.4, -0.2) is 6.09 Å². The van der Waals surface area contributed by atoms with Crippen molar-refractivity contribution in [2.75, 3.05) is 5.32 Å². The molecule has 0 aromatic heterocycles. The van der Waals surface area contributed by atoms with Crippen LogP contribution in [0.4, 0.5) is 23.7 Å². The van der Waals surface area contributed by atoms with Crippen molar-refractivity contribution in [1.29, 1.82) is 0 Å². The number of nitrogens with one attached hydrogen (secondary N) is 1. The molecule has 2 rings (SSSR count). The molecule has 2 aromatic rings. The van der Waals surface area contributed by atoms with Crippen molar-refractivity contribution >= 4 is 55.2 Å². The topological polar surface area (TPSA) is 38.3 Å². The number of rotatable bonds is 2. The molecule has 1 amide bonds. The molecular weight excluding hydrogens is 490 g/mol. The molecule has 9 heteroatoms. The predicted molar refractivity (Wildman–Crippen MR) is 97.4 cm³/mol. The number of ether oxygens (including phenoxy) is 1. The van der Waals surface area contributed by atoms with Crippen molar-refractivity contribution in [3.63, 3.8) is 0 Å². The second kappa shape index (κ2) is 7.55. The van der Waals surface area contributed by atoms with E-state index in [-0.39, 0.29) is 10.8 Å². The number of carbonyl (C=O) groups excluding carboxylic acids is 1. The van der Waals surface area contributed by atoms with Crippen LogP contribution in [0.5, 0.6) is 5.75 Å². The summed E-state index contributed by atoms with van der Waals surface area (Å²) in [4.78, 5) is 12.1. The fraction of sp³-hybridized carbons (Fsp3) is 0.188. The second-order valence-corrected chi connectivity index (χ2v) is 7.27. The van der Waals surface area contributed by atoms with Crippen molar-refractivity contribution in [2.45, 2.75) is 20.0 Å². The Bertz CT molecular complexity index is 841. The SMILES string of the molecule is Cc1c(Br)cc(Br)c(OC(=O)Nc2ccc(Cl)cc2C(F)(F)F)c1C. The van der Waals surface area contributed by atoms with Gasteiger partial charge in [0.1, 0.15) is 5.75 Å². The fourth-order valence-corrected chi connectivity index (χ4v) is 3.64. The Kier molecular flexibility index (Phi) is 6.06. The first-order valence-electron chi connectivity index (χ1n) is 6.81. The van der Waals surface area contributed by atoms with E-state index in [1.807, 2.05) is 6.92 Å². The van der Waals surface area contributed by atoms with Crippen LogP contribution in [0.25, 0.3) is 0 Å². The Hall–Kier alpha value is -1.25. The number of hydrogen-bond acceptors (Lipinski definition) is 2. The Morgan fingerprint density at radius 3 is 2.36 bits per heavy atom. The summed E-state index contributed by atoms with van der Waals surface area (Å²) >= 11 is 12.2. The lowest BCUT2D eigenvalue weighted by atomic mass is 10.1. The Morgan fingerprint density at radius 2 is 1.76 bits per heavy atom. The summed E-state index contributed by atoms with van der Waals surface area (Å²) in [5.41, 5.74) is 0.0151. The van der Waals surface area contributed by atoms with E-state index < -0.39 is 23.5 Å². The first-order chi connectivity index (χ1) is 11.5. The van der Waals surface area contributed by atoms with E-state index in [0.29, 0.717) is 10.0 Å². The standard InChI is InChI=1S/C16H11Br2ClF3NO2/c1-7-8(2)14(12(18)6-11(7)17)25-15(24)23-13-4-3-9(19)5-10(13)16(20,21)22/h3-6H,1-2H3,(H,23,24). The zero-order valence-corrected chi connectivity index (χ0v) is 16.8. The number of hydrogen-bond donors (Lipinski definition) is 1. The molecule has 3 nitrogen and oxygen atoms in total. The van der Waals surface area contributed by atoms with Crippen molar-refractivity contribution in [2.24, 2.45) is 0 Å². The minimum absolute atomic E-state index is 0.0895. The average Bonchev–Trinajstić information content (AvgIpc) is 2.50. The molecule has 0 unspecified atom stereocenters. The van der Waals surface area contributed by atoms with Gasteiger partial charge >= 0.3 is 12.3 Å². The largest absolute Gasteiger partial charge is 0.418 e. The van der Waals surface area contributed by atoms with Crippen molar-refractivity contribution in [3.05, 3.63) is 54.9 Å². The van der Waals surface area contributed by atoms with Crippen LogP contribution in [0, 0.1) is 13.8 Å². The van der Waals surface area contributed by atoms with Gasteiger partial charge in [0.25, 0.3) is 0 Å². The predicted octanol–water partition coefficient (Wildman–Crippen LogP) is 7.11. The minimum atomic E-state index is -4.67. The zero-order valence-electron chi connectivity index (χ0n) is 12.9. The van der Waals surface area contributed by atoms with Crippen molar-refractivity contribution in [3.8, 4) is 5.75 Å². The normalized spacial score (nSPS) is 11.4. The number of anilines is 1. The first-order valence-corrected chi connectivity index (χ1v) is 8.78. The number of carbonyl (C=O) groups is 1. The van der Waals surface area contributed by atoms with E-state index in [1.165, 1.54) is 6.07 Å². The molecule has 0 saturated carbocycles. The maximum Gasteiger partial charge on any atom is 0.418 e. The van der Waals surface area contributed by atoms with Gasteiger partial charge in [-0.1, -0.05) is 27.5 Å². The highest BCUT2D eigenvalue weighted by molar-refractivity contribution is 9.11. The van der Waals surface area contributed by atoms with Gasteiger partial charge in [-0.05, 0) is 65.2 Å². The molecule has 25 heavy (non-hydrogen) atoms. The third kappa shape index (κ3) is 4.68. The van der Waals surface area contributed by atoms with Crippen LogP contribution in [0.3, 0.4) is 0 Å². The Balaban J connectivity index is 2.30. The third-order valence-electron chi connectivity index (χ3n) is 3.45. The van der Waals surface area contributed by atoms with Crippen LogP contribution in [0.15, 0.2) is 33.2 Å². The number of alkyl halides is 3. The van der Waals surface area contributed by atoms with E-state index in [4.69, 9.17) is 16.3 Å². The molecule has 1 N–H and O–H groups in total. The molecule has 0 spiro atoms. The summed E-state index contributed by atoms with van der Waals surface area (Å²) in [7, 11) is 0. The maximum absolute atomic E-state index is 13.1. The summed E-state index contributed by atoms with van der Waals surface area (Å²) in [6.45, 7) is 3.55.